The van der Waals surface area contributed by atoms with Gasteiger partial charge in [-0.05, 0) is 42.7 Å². The van der Waals surface area contributed by atoms with E-state index in [1.54, 1.807) is 24.3 Å². The van der Waals surface area contributed by atoms with Gasteiger partial charge in [-0.25, -0.2) is 8.42 Å². The number of amides is 1. The number of hydrogen-bond donors (Lipinski definition) is 3. The molecule has 4 N–H and O–H groups in total. The number of rotatable bonds is 9. The Balaban J connectivity index is 0.00000364. The number of carbonyl (C=O) groups is 1. The topological polar surface area (TPSA) is 101 Å². The molecular weight excluding hydrogens is 386 g/mol. The fourth-order valence-corrected chi connectivity index (χ4v) is 3.65. The molecular formula is C19H26ClN3O3S. The lowest BCUT2D eigenvalue weighted by Crippen LogP contribution is -2.37. The zero-order valence-electron chi connectivity index (χ0n) is 15.2. The molecule has 0 saturated carbocycles. The molecule has 0 bridgehead atoms. The van der Waals surface area contributed by atoms with Crippen LogP contribution in [-0.2, 0) is 21.2 Å². The van der Waals surface area contributed by atoms with Crippen LogP contribution in [0.25, 0.3) is 0 Å². The van der Waals surface area contributed by atoms with Crippen molar-refractivity contribution in [3.05, 3.63) is 60.2 Å². The van der Waals surface area contributed by atoms with E-state index in [-0.39, 0.29) is 24.1 Å². The lowest BCUT2D eigenvalue weighted by atomic mass is 10.1. The summed E-state index contributed by atoms with van der Waals surface area (Å²) in [6.45, 7) is 1.94. The molecule has 0 radical (unpaired) electrons. The molecule has 0 fully saturated rings. The Morgan fingerprint density at radius 3 is 2.22 bits per heavy atom. The Bertz CT molecular complexity index is 812. The van der Waals surface area contributed by atoms with Gasteiger partial charge in [-0.15, -0.1) is 12.4 Å². The molecule has 2 rings (SSSR count). The minimum absolute atomic E-state index is 0. The first-order chi connectivity index (χ1) is 12.4. The van der Waals surface area contributed by atoms with E-state index in [9.17, 15) is 13.2 Å². The molecule has 0 heterocycles. The molecule has 0 aromatic heterocycles. The number of sulfonamides is 1. The molecule has 1 amide bonds. The molecule has 2 aromatic carbocycles. The van der Waals surface area contributed by atoms with Crippen molar-refractivity contribution in [2.24, 2.45) is 5.73 Å². The number of nitrogens with one attached hydrogen (secondary N) is 2. The van der Waals surface area contributed by atoms with Gasteiger partial charge in [0.25, 0.3) is 0 Å². The van der Waals surface area contributed by atoms with Crippen molar-refractivity contribution in [2.75, 3.05) is 15.8 Å². The maximum atomic E-state index is 12.2. The predicted molar refractivity (Wildman–Crippen MR) is 113 cm³/mol. The summed E-state index contributed by atoms with van der Waals surface area (Å²) in [4.78, 5) is 12.2. The van der Waals surface area contributed by atoms with Crippen molar-refractivity contribution in [1.82, 2.24) is 0 Å². The van der Waals surface area contributed by atoms with Crippen LogP contribution in [0.1, 0.15) is 25.3 Å². The number of benzene rings is 2. The van der Waals surface area contributed by atoms with Crippen LogP contribution in [-0.4, -0.2) is 26.1 Å². The summed E-state index contributed by atoms with van der Waals surface area (Å²) in [5.74, 6) is -0.193. The first-order valence-corrected chi connectivity index (χ1v) is 10.3. The summed E-state index contributed by atoms with van der Waals surface area (Å²) in [6.07, 6.45) is 1.87. The number of carbonyl (C=O) groups excluding carboxylic acids is 1. The van der Waals surface area contributed by atoms with E-state index >= 15 is 0 Å². The van der Waals surface area contributed by atoms with Crippen LogP contribution in [0.2, 0.25) is 0 Å². The van der Waals surface area contributed by atoms with Crippen LogP contribution in [0.3, 0.4) is 0 Å². The van der Waals surface area contributed by atoms with Gasteiger partial charge in [-0.2, -0.15) is 0 Å². The van der Waals surface area contributed by atoms with E-state index in [2.05, 4.69) is 10.0 Å². The number of unbranched alkanes of at least 4 members (excludes halogenated alkanes) is 1. The first kappa shape index (κ1) is 23.0. The SMILES string of the molecule is CCCCS(=O)(=O)Nc1ccc(NC(=O)[C@@H](N)Cc2ccccc2)cc1.Cl. The molecule has 0 unspecified atom stereocenters. The van der Waals surface area contributed by atoms with Gasteiger partial charge in [0, 0.05) is 11.4 Å². The predicted octanol–water partition coefficient (Wildman–Crippen LogP) is 3.16. The minimum Gasteiger partial charge on any atom is -0.325 e. The Morgan fingerprint density at radius 1 is 1.04 bits per heavy atom. The monoisotopic (exact) mass is 411 g/mol. The fourth-order valence-electron chi connectivity index (χ4n) is 2.38. The second-order valence-corrected chi connectivity index (χ2v) is 7.98. The van der Waals surface area contributed by atoms with Gasteiger partial charge in [-0.3, -0.25) is 9.52 Å². The minimum atomic E-state index is -3.34. The third kappa shape index (κ3) is 7.99. The van der Waals surface area contributed by atoms with Gasteiger partial charge >= 0.3 is 0 Å². The molecule has 1 atom stereocenters. The van der Waals surface area contributed by atoms with Gasteiger partial charge in [-0.1, -0.05) is 43.7 Å². The Morgan fingerprint density at radius 2 is 1.63 bits per heavy atom. The fraction of sp³-hybridized carbons (Fsp3) is 0.316. The van der Waals surface area contributed by atoms with Crippen LogP contribution in [0.15, 0.2) is 54.6 Å². The van der Waals surface area contributed by atoms with Crippen molar-refractivity contribution >= 4 is 39.7 Å². The van der Waals surface area contributed by atoms with Crippen molar-refractivity contribution in [1.29, 1.82) is 0 Å². The van der Waals surface area contributed by atoms with E-state index < -0.39 is 16.1 Å². The van der Waals surface area contributed by atoms with Gasteiger partial charge in [0.05, 0.1) is 11.8 Å². The lowest BCUT2D eigenvalue weighted by molar-refractivity contribution is -0.117. The second kappa shape index (κ2) is 10.9. The normalized spacial score (nSPS) is 11.9. The maximum absolute atomic E-state index is 12.2. The number of nitrogens with two attached hydrogens (primary N) is 1. The largest absolute Gasteiger partial charge is 0.325 e. The smallest absolute Gasteiger partial charge is 0.241 e. The average Bonchev–Trinajstić information content (AvgIpc) is 2.62. The zero-order valence-corrected chi connectivity index (χ0v) is 16.9. The third-order valence-corrected chi connectivity index (χ3v) is 5.20. The molecule has 27 heavy (non-hydrogen) atoms. The van der Waals surface area contributed by atoms with E-state index in [1.807, 2.05) is 37.3 Å². The van der Waals surface area contributed by atoms with Crippen LogP contribution in [0.4, 0.5) is 11.4 Å². The zero-order chi connectivity index (χ0) is 19.0. The first-order valence-electron chi connectivity index (χ1n) is 8.60. The summed E-state index contributed by atoms with van der Waals surface area (Å²) < 4.78 is 26.3. The molecule has 0 saturated heterocycles. The Kier molecular flexibility index (Phi) is 9.28. The molecule has 0 aliphatic rings. The molecule has 0 aliphatic carbocycles. The molecule has 6 nitrogen and oxygen atoms in total. The van der Waals surface area contributed by atoms with Crippen LogP contribution in [0.5, 0.6) is 0 Å². The maximum Gasteiger partial charge on any atom is 0.241 e. The molecule has 0 aliphatic heterocycles. The summed E-state index contributed by atoms with van der Waals surface area (Å²) in [5.41, 5.74) is 7.98. The highest BCUT2D eigenvalue weighted by Gasteiger charge is 2.14. The van der Waals surface area contributed by atoms with Gasteiger partial charge in [0.2, 0.25) is 15.9 Å². The van der Waals surface area contributed by atoms with Crippen molar-refractivity contribution < 1.29 is 13.2 Å². The van der Waals surface area contributed by atoms with Crippen LogP contribution in [0, 0.1) is 0 Å². The average molecular weight is 412 g/mol. The second-order valence-electron chi connectivity index (χ2n) is 6.14. The summed E-state index contributed by atoms with van der Waals surface area (Å²) in [5, 5.41) is 2.75. The van der Waals surface area contributed by atoms with E-state index in [0.29, 0.717) is 24.2 Å². The van der Waals surface area contributed by atoms with Crippen molar-refractivity contribution in [3.8, 4) is 0 Å². The number of halogens is 1. The molecule has 2 aromatic rings. The van der Waals surface area contributed by atoms with Gasteiger partial charge < -0.3 is 11.1 Å². The highest BCUT2D eigenvalue weighted by molar-refractivity contribution is 7.92. The number of anilines is 2. The molecule has 0 spiro atoms. The highest BCUT2D eigenvalue weighted by Crippen LogP contribution is 2.16. The molecule has 8 heteroatoms. The number of hydrogen-bond acceptors (Lipinski definition) is 4. The Labute approximate surface area is 167 Å². The standard InChI is InChI=1S/C19H25N3O3S.ClH/c1-2-3-13-26(24,25)22-17-11-9-16(10-12-17)21-19(23)18(20)14-15-7-5-4-6-8-15;/h4-12,18,22H,2-3,13-14,20H2,1H3,(H,21,23);1H/t18-;/m0./s1. The summed E-state index contributed by atoms with van der Waals surface area (Å²) in [7, 11) is -3.34. The van der Waals surface area contributed by atoms with Gasteiger partial charge in [0.15, 0.2) is 0 Å². The van der Waals surface area contributed by atoms with Gasteiger partial charge in [0.1, 0.15) is 0 Å². The summed E-state index contributed by atoms with van der Waals surface area (Å²) in [6, 6.07) is 15.4. The van der Waals surface area contributed by atoms with Crippen molar-refractivity contribution in [2.45, 2.75) is 32.2 Å². The third-order valence-electron chi connectivity index (χ3n) is 3.83. The van der Waals surface area contributed by atoms with Crippen LogP contribution < -0.4 is 15.8 Å². The lowest BCUT2D eigenvalue weighted by Gasteiger charge is -2.13. The Hall–Kier alpha value is -2.09. The van der Waals surface area contributed by atoms with Crippen molar-refractivity contribution in [3.63, 3.8) is 0 Å². The molecule has 148 valence electrons. The van der Waals surface area contributed by atoms with Crippen LogP contribution >= 0.6 is 12.4 Å². The van der Waals surface area contributed by atoms with E-state index in [4.69, 9.17) is 5.73 Å². The van der Waals surface area contributed by atoms with E-state index in [1.165, 1.54) is 0 Å². The highest BCUT2D eigenvalue weighted by atomic mass is 35.5. The quantitative estimate of drug-likeness (QED) is 0.589. The summed E-state index contributed by atoms with van der Waals surface area (Å²) >= 11 is 0. The van der Waals surface area contributed by atoms with E-state index in [0.717, 1.165) is 12.0 Å².